The fourth-order valence-corrected chi connectivity index (χ4v) is 3.57. The summed E-state index contributed by atoms with van der Waals surface area (Å²) in [5, 5.41) is 2.96. The number of benzene rings is 1. The van der Waals surface area contributed by atoms with Crippen molar-refractivity contribution >= 4 is 16.9 Å². The van der Waals surface area contributed by atoms with E-state index in [9.17, 15) is 4.79 Å². The Morgan fingerprint density at radius 3 is 2.41 bits per heavy atom. The number of carbonyl (C=O) groups excluding carboxylic acids is 1. The topological polar surface area (TPSA) is 46.9 Å². The number of amides is 1. The predicted octanol–water partition coefficient (Wildman–Crippen LogP) is 5.64. The summed E-state index contributed by atoms with van der Waals surface area (Å²) in [6, 6.07) is 8.43. The first-order chi connectivity index (χ1) is 13.3. The number of nitrogens with one attached hydrogen (secondary N) is 1. The number of imidazole rings is 1. The summed E-state index contributed by atoms with van der Waals surface area (Å²) in [6.07, 6.45) is 13.1. The number of carbonyl (C=O) groups is 1. The second kappa shape index (κ2) is 12.5. The van der Waals surface area contributed by atoms with E-state index < -0.39 is 0 Å². The highest BCUT2D eigenvalue weighted by Gasteiger charge is 2.10. The number of hydrogen-bond donors (Lipinski definition) is 1. The van der Waals surface area contributed by atoms with Crippen LogP contribution in [0.15, 0.2) is 24.3 Å². The molecule has 0 fully saturated rings. The van der Waals surface area contributed by atoms with E-state index in [1.54, 1.807) is 0 Å². The van der Waals surface area contributed by atoms with Gasteiger partial charge in [-0.15, -0.1) is 0 Å². The van der Waals surface area contributed by atoms with Crippen LogP contribution in [0.25, 0.3) is 11.0 Å². The van der Waals surface area contributed by atoms with Crippen LogP contribution in [0.4, 0.5) is 0 Å². The van der Waals surface area contributed by atoms with Gasteiger partial charge in [-0.05, 0) is 25.0 Å². The number of aryl methyl sites for hydroxylation is 2. The normalized spacial score (nSPS) is 11.2. The molecule has 4 nitrogen and oxygen atoms in total. The highest BCUT2D eigenvalue weighted by Crippen LogP contribution is 2.19. The lowest BCUT2D eigenvalue weighted by atomic mass is 10.1. The van der Waals surface area contributed by atoms with Crippen molar-refractivity contribution in [2.45, 2.75) is 91.0 Å². The molecule has 2 rings (SSSR count). The summed E-state index contributed by atoms with van der Waals surface area (Å²) in [6.45, 7) is 5.93. The fraction of sp³-hybridized carbons (Fsp3) is 0.652. The fourth-order valence-electron chi connectivity index (χ4n) is 3.57. The van der Waals surface area contributed by atoms with Gasteiger partial charge in [-0.3, -0.25) is 4.79 Å². The Balaban J connectivity index is 1.83. The van der Waals surface area contributed by atoms with E-state index in [0.717, 1.165) is 37.3 Å². The predicted molar refractivity (Wildman–Crippen MR) is 114 cm³/mol. The van der Waals surface area contributed by atoms with Gasteiger partial charge in [-0.25, -0.2) is 4.98 Å². The Morgan fingerprint density at radius 1 is 0.963 bits per heavy atom. The third kappa shape index (κ3) is 7.36. The van der Waals surface area contributed by atoms with Crippen LogP contribution in [0.1, 0.15) is 83.9 Å². The van der Waals surface area contributed by atoms with E-state index in [-0.39, 0.29) is 5.91 Å². The van der Waals surface area contributed by atoms with Crippen LogP contribution >= 0.6 is 0 Å². The Kier molecular flexibility index (Phi) is 9.96. The average Bonchev–Trinajstić information content (AvgIpc) is 3.04. The van der Waals surface area contributed by atoms with Crippen molar-refractivity contribution in [3.05, 3.63) is 30.1 Å². The minimum Gasteiger partial charge on any atom is -0.356 e. The smallest absolute Gasteiger partial charge is 0.219 e. The molecule has 0 aliphatic carbocycles. The van der Waals surface area contributed by atoms with Gasteiger partial charge in [0, 0.05) is 25.9 Å². The minimum absolute atomic E-state index is 0.127. The van der Waals surface area contributed by atoms with Gasteiger partial charge < -0.3 is 9.88 Å². The number of rotatable bonds is 14. The summed E-state index contributed by atoms with van der Waals surface area (Å²) in [5.74, 6) is 1.28. The molecular formula is C23H37N3O. The molecule has 4 heteroatoms. The highest BCUT2D eigenvalue weighted by molar-refractivity contribution is 5.76. The summed E-state index contributed by atoms with van der Waals surface area (Å²) >= 11 is 0. The summed E-state index contributed by atoms with van der Waals surface area (Å²) in [5.41, 5.74) is 2.33. The Labute approximate surface area is 164 Å². The van der Waals surface area contributed by atoms with Gasteiger partial charge in [-0.1, -0.05) is 70.9 Å². The molecule has 0 radical (unpaired) electrons. The molecule has 1 amide bonds. The van der Waals surface area contributed by atoms with Crippen LogP contribution in [0.5, 0.6) is 0 Å². The first-order valence-corrected chi connectivity index (χ1v) is 11.0. The van der Waals surface area contributed by atoms with Gasteiger partial charge in [0.05, 0.1) is 11.0 Å². The van der Waals surface area contributed by atoms with Gasteiger partial charge in [0.25, 0.3) is 0 Å². The van der Waals surface area contributed by atoms with Crippen molar-refractivity contribution in [3.63, 3.8) is 0 Å². The van der Waals surface area contributed by atoms with Gasteiger partial charge >= 0.3 is 0 Å². The average molecular weight is 372 g/mol. The maximum absolute atomic E-state index is 11.4. The molecule has 1 N–H and O–H groups in total. The van der Waals surface area contributed by atoms with E-state index in [2.05, 4.69) is 41.1 Å². The minimum atomic E-state index is 0.127. The van der Waals surface area contributed by atoms with Crippen LogP contribution < -0.4 is 5.32 Å². The Morgan fingerprint density at radius 2 is 1.67 bits per heavy atom. The lowest BCUT2D eigenvalue weighted by Crippen LogP contribution is -2.23. The van der Waals surface area contributed by atoms with Crippen LogP contribution in [0.3, 0.4) is 0 Å². The number of aromatic nitrogens is 2. The summed E-state index contributed by atoms with van der Waals surface area (Å²) in [7, 11) is 0. The quantitative estimate of drug-likeness (QED) is 0.437. The highest BCUT2D eigenvalue weighted by atomic mass is 16.1. The Hall–Kier alpha value is -1.84. The van der Waals surface area contributed by atoms with Crippen molar-refractivity contribution in [1.82, 2.24) is 14.9 Å². The second-order valence-corrected chi connectivity index (χ2v) is 7.45. The molecule has 0 aliphatic rings. The van der Waals surface area contributed by atoms with Gasteiger partial charge in [0.1, 0.15) is 5.82 Å². The molecule has 0 atom stereocenters. The van der Waals surface area contributed by atoms with Crippen LogP contribution in [-0.4, -0.2) is 22.0 Å². The lowest BCUT2D eigenvalue weighted by molar-refractivity contribution is -0.120. The molecule has 1 aromatic heterocycles. The molecule has 1 aromatic carbocycles. The third-order valence-electron chi connectivity index (χ3n) is 5.19. The molecule has 1 heterocycles. The monoisotopic (exact) mass is 371 g/mol. The molecule has 0 saturated carbocycles. The number of fused-ring (bicyclic) bond motifs is 1. The van der Waals surface area contributed by atoms with Crippen molar-refractivity contribution in [2.75, 3.05) is 6.54 Å². The maximum atomic E-state index is 11.4. The van der Waals surface area contributed by atoms with Crippen molar-refractivity contribution in [3.8, 4) is 0 Å². The number of para-hydroxylation sites is 2. The first-order valence-electron chi connectivity index (χ1n) is 11.0. The van der Waals surface area contributed by atoms with Gasteiger partial charge in [0.2, 0.25) is 5.91 Å². The van der Waals surface area contributed by atoms with E-state index in [1.165, 1.54) is 56.9 Å². The lowest BCUT2D eigenvalue weighted by Gasteiger charge is -2.10. The van der Waals surface area contributed by atoms with E-state index in [0.29, 0.717) is 6.42 Å². The standard InChI is InChI=1S/C23H37N3O/c1-3-5-6-7-8-9-10-13-19-26-21-16-12-11-15-20(21)25-22(26)17-14-18-24-23(27)4-2/h11-12,15-16H,3-10,13-14,17-19H2,1-2H3,(H,24,27). The van der Waals surface area contributed by atoms with Crippen molar-refractivity contribution in [2.24, 2.45) is 0 Å². The largest absolute Gasteiger partial charge is 0.356 e. The summed E-state index contributed by atoms with van der Waals surface area (Å²) < 4.78 is 2.40. The van der Waals surface area contributed by atoms with Gasteiger partial charge in [-0.2, -0.15) is 0 Å². The van der Waals surface area contributed by atoms with Crippen LogP contribution in [-0.2, 0) is 17.8 Å². The van der Waals surface area contributed by atoms with Crippen LogP contribution in [0, 0.1) is 0 Å². The molecule has 0 bridgehead atoms. The number of hydrogen-bond acceptors (Lipinski definition) is 2. The van der Waals surface area contributed by atoms with E-state index in [1.807, 2.05) is 6.92 Å². The molecule has 0 unspecified atom stereocenters. The zero-order chi connectivity index (χ0) is 19.3. The molecule has 2 aromatic rings. The molecule has 0 saturated heterocycles. The second-order valence-electron chi connectivity index (χ2n) is 7.45. The van der Waals surface area contributed by atoms with E-state index >= 15 is 0 Å². The Bertz CT molecular complexity index is 677. The molecule has 0 aliphatic heterocycles. The van der Waals surface area contributed by atoms with Crippen LogP contribution in [0.2, 0.25) is 0 Å². The van der Waals surface area contributed by atoms with Crippen molar-refractivity contribution in [1.29, 1.82) is 0 Å². The number of nitrogens with zero attached hydrogens (tertiary/aromatic N) is 2. The molecule has 0 spiro atoms. The summed E-state index contributed by atoms with van der Waals surface area (Å²) in [4.78, 5) is 16.2. The van der Waals surface area contributed by atoms with E-state index in [4.69, 9.17) is 4.98 Å². The molecular weight excluding hydrogens is 334 g/mol. The zero-order valence-corrected chi connectivity index (χ0v) is 17.3. The SMILES string of the molecule is CCCCCCCCCCn1c(CCCNC(=O)CC)nc2ccccc21. The van der Waals surface area contributed by atoms with Gasteiger partial charge in [0.15, 0.2) is 0 Å². The van der Waals surface area contributed by atoms with Crippen molar-refractivity contribution < 1.29 is 4.79 Å². The third-order valence-corrected chi connectivity index (χ3v) is 5.19. The number of unbranched alkanes of at least 4 members (excludes halogenated alkanes) is 7. The maximum Gasteiger partial charge on any atom is 0.219 e. The molecule has 150 valence electrons. The molecule has 27 heavy (non-hydrogen) atoms. The zero-order valence-electron chi connectivity index (χ0n) is 17.3. The first kappa shape index (κ1) is 21.5.